The third-order valence-electron chi connectivity index (χ3n) is 5.74. The van der Waals surface area contributed by atoms with Crippen LogP contribution in [0.5, 0.6) is 0 Å². The minimum Gasteiger partial charge on any atom is -0.350 e. The van der Waals surface area contributed by atoms with Crippen molar-refractivity contribution < 1.29 is 26.4 Å². The van der Waals surface area contributed by atoms with Crippen LogP contribution in [-0.2, 0) is 31.4 Å². The van der Waals surface area contributed by atoms with Crippen molar-refractivity contribution in [3.63, 3.8) is 0 Å². The lowest BCUT2D eigenvalue weighted by molar-refractivity contribution is -0.119. The molecule has 3 rings (SSSR count). The van der Waals surface area contributed by atoms with E-state index in [4.69, 9.17) is 11.6 Å². The molecule has 0 saturated heterocycles. The molecule has 9 nitrogen and oxygen atoms in total. The maximum Gasteiger partial charge on any atom is 0.264 e. The van der Waals surface area contributed by atoms with E-state index in [1.54, 1.807) is 49.4 Å². The van der Waals surface area contributed by atoms with Gasteiger partial charge in [-0.1, -0.05) is 47.5 Å². The first kappa shape index (κ1) is 29.2. The maximum atomic E-state index is 13.6. The Balaban J connectivity index is 1.78. The molecular formula is C26H28ClN3O6S2. The predicted molar refractivity (Wildman–Crippen MR) is 147 cm³/mol. The second-order valence-electron chi connectivity index (χ2n) is 8.52. The van der Waals surface area contributed by atoms with E-state index in [0.717, 1.165) is 9.87 Å². The van der Waals surface area contributed by atoms with Crippen molar-refractivity contribution in [2.24, 2.45) is 0 Å². The fourth-order valence-corrected chi connectivity index (χ4v) is 5.63. The van der Waals surface area contributed by atoms with Gasteiger partial charge >= 0.3 is 0 Å². The number of rotatable bonds is 10. The van der Waals surface area contributed by atoms with E-state index in [9.17, 15) is 26.4 Å². The third-order valence-corrected chi connectivity index (χ3v) is 9.18. The first-order valence-corrected chi connectivity index (χ1v) is 15.1. The van der Waals surface area contributed by atoms with E-state index < -0.39 is 38.4 Å². The van der Waals surface area contributed by atoms with Crippen molar-refractivity contribution in [2.75, 3.05) is 16.6 Å². The minimum absolute atomic E-state index is 0.0363. The van der Waals surface area contributed by atoms with Gasteiger partial charge in [0.25, 0.3) is 15.9 Å². The Morgan fingerprint density at radius 2 is 1.53 bits per heavy atom. The molecule has 0 aliphatic carbocycles. The Hall–Kier alpha value is -3.41. The fourth-order valence-electron chi connectivity index (χ4n) is 3.44. The molecule has 0 radical (unpaired) electrons. The van der Waals surface area contributed by atoms with Crippen LogP contribution < -0.4 is 14.3 Å². The molecule has 202 valence electrons. The molecule has 3 aromatic rings. The topological polar surface area (TPSA) is 130 Å². The average Bonchev–Trinajstić information content (AvgIpc) is 2.88. The van der Waals surface area contributed by atoms with Crippen LogP contribution in [0, 0.1) is 13.8 Å². The molecule has 3 aromatic carbocycles. The highest BCUT2D eigenvalue weighted by Gasteiger charge is 2.28. The fraction of sp³-hybridized carbons (Fsp3) is 0.231. The molecule has 0 aliphatic rings. The van der Waals surface area contributed by atoms with Gasteiger partial charge in [-0.05, 0) is 68.3 Å². The number of anilines is 1. The van der Waals surface area contributed by atoms with Gasteiger partial charge in [-0.15, -0.1) is 0 Å². The van der Waals surface area contributed by atoms with Crippen LogP contribution >= 0.6 is 11.6 Å². The second-order valence-corrected chi connectivity index (χ2v) is 12.8. The van der Waals surface area contributed by atoms with Gasteiger partial charge in [-0.25, -0.2) is 21.6 Å². The van der Waals surface area contributed by atoms with E-state index in [0.29, 0.717) is 16.1 Å². The van der Waals surface area contributed by atoms with Crippen LogP contribution in [0.2, 0.25) is 5.02 Å². The molecule has 0 bridgehead atoms. The Labute approximate surface area is 227 Å². The Kier molecular flexibility index (Phi) is 9.18. The molecule has 38 heavy (non-hydrogen) atoms. The Bertz CT molecular complexity index is 1540. The van der Waals surface area contributed by atoms with E-state index in [2.05, 4.69) is 5.32 Å². The van der Waals surface area contributed by atoms with Crippen molar-refractivity contribution in [1.82, 2.24) is 10.0 Å². The number of benzene rings is 3. The number of nitrogens with one attached hydrogen (secondary N) is 2. The standard InChI is InChI=1S/C26H28ClN3O6S2/c1-4-37(33,34)29-26(32)21-12-10-20(11-13-21)16-28-25(31)17-30(24-7-5-6-23(27)19(24)3)38(35,36)22-14-8-18(2)9-15-22/h5-15H,4,16-17H2,1-3H3,(H,28,31)(H,29,32). The Morgan fingerprint density at radius 3 is 2.13 bits per heavy atom. The molecule has 0 spiro atoms. The quantitative estimate of drug-likeness (QED) is 0.379. The number of carbonyl (C=O) groups is 2. The largest absolute Gasteiger partial charge is 0.350 e. The van der Waals surface area contributed by atoms with E-state index in [-0.39, 0.29) is 28.4 Å². The van der Waals surface area contributed by atoms with Gasteiger partial charge in [0.2, 0.25) is 15.9 Å². The minimum atomic E-state index is -4.10. The maximum absolute atomic E-state index is 13.6. The van der Waals surface area contributed by atoms with Crippen LogP contribution in [0.4, 0.5) is 5.69 Å². The number of carbonyl (C=O) groups excluding carboxylic acids is 2. The smallest absolute Gasteiger partial charge is 0.264 e. The number of amides is 2. The summed E-state index contributed by atoms with van der Waals surface area (Å²) in [5, 5.41) is 3.05. The first-order chi connectivity index (χ1) is 17.8. The van der Waals surface area contributed by atoms with E-state index in [1.165, 1.54) is 31.2 Å². The summed E-state index contributed by atoms with van der Waals surface area (Å²) in [5.74, 6) is -1.54. The van der Waals surface area contributed by atoms with Gasteiger partial charge in [-0.3, -0.25) is 13.9 Å². The SMILES string of the molecule is CCS(=O)(=O)NC(=O)c1ccc(CNC(=O)CN(c2cccc(Cl)c2C)S(=O)(=O)c2ccc(C)cc2)cc1. The number of aryl methyl sites for hydroxylation is 1. The normalized spacial score (nSPS) is 11.6. The molecule has 2 N–H and O–H groups in total. The third kappa shape index (κ3) is 7.12. The zero-order chi connectivity index (χ0) is 28.1. The number of hydrogen-bond donors (Lipinski definition) is 2. The molecule has 0 saturated carbocycles. The summed E-state index contributed by atoms with van der Waals surface area (Å²) in [6, 6.07) is 17.2. The summed E-state index contributed by atoms with van der Waals surface area (Å²) in [4.78, 5) is 25.1. The molecule has 12 heteroatoms. The molecular weight excluding hydrogens is 550 g/mol. The zero-order valence-electron chi connectivity index (χ0n) is 21.1. The highest BCUT2D eigenvalue weighted by molar-refractivity contribution is 7.93. The number of halogens is 1. The van der Waals surface area contributed by atoms with Gasteiger partial charge in [0.15, 0.2) is 0 Å². The molecule has 0 aromatic heterocycles. The summed E-state index contributed by atoms with van der Waals surface area (Å²) in [6.45, 7) is 4.50. The van der Waals surface area contributed by atoms with Crippen molar-refractivity contribution in [1.29, 1.82) is 0 Å². The molecule has 0 unspecified atom stereocenters. The number of hydrogen-bond acceptors (Lipinski definition) is 6. The molecule has 0 fully saturated rings. The first-order valence-electron chi connectivity index (χ1n) is 11.6. The lowest BCUT2D eigenvalue weighted by Gasteiger charge is -2.26. The van der Waals surface area contributed by atoms with Crippen molar-refractivity contribution in [2.45, 2.75) is 32.2 Å². The monoisotopic (exact) mass is 577 g/mol. The van der Waals surface area contributed by atoms with Crippen LogP contribution in [0.15, 0.2) is 71.6 Å². The predicted octanol–water partition coefficient (Wildman–Crippen LogP) is 3.55. The summed E-state index contributed by atoms with van der Waals surface area (Å²) >= 11 is 6.25. The van der Waals surface area contributed by atoms with Crippen LogP contribution in [0.3, 0.4) is 0 Å². The van der Waals surface area contributed by atoms with Crippen LogP contribution in [-0.4, -0.2) is 40.9 Å². The van der Waals surface area contributed by atoms with Crippen molar-refractivity contribution in [3.8, 4) is 0 Å². The zero-order valence-corrected chi connectivity index (χ0v) is 23.5. The number of sulfonamides is 2. The van der Waals surface area contributed by atoms with Gasteiger partial charge in [0.1, 0.15) is 6.54 Å². The van der Waals surface area contributed by atoms with Gasteiger partial charge < -0.3 is 5.32 Å². The highest BCUT2D eigenvalue weighted by Crippen LogP contribution is 2.30. The summed E-state index contributed by atoms with van der Waals surface area (Å²) in [7, 11) is -7.79. The highest BCUT2D eigenvalue weighted by atomic mass is 35.5. The second kappa shape index (κ2) is 12.0. The summed E-state index contributed by atoms with van der Waals surface area (Å²) in [5.41, 5.74) is 2.45. The molecule has 0 aliphatic heterocycles. The number of nitrogens with zero attached hydrogens (tertiary/aromatic N) is 1. The molecule has 2 amide bonds. The van der Waals surface area contributed by atoms with Crippen LogP contribution in [0.1, 0.15) is 34.0 Å². The Morgan fingerprint density at radius 1 is 0.895 bits per heavy atom. The lowest BCUT2D eigenvalue weighted by atomic mass is 10.1. The van der Waals surface area contributed by atoms with E-state index in [1.807, 2.05) is 11.6 Å². The average molecular weight is 578 g/mol. The van der Waals surface area contributed by atoms with Gasteiger partial charge in [-0.2, -0.15) is 0 Å². The summed E-state index contributed by atoms with van der Waals surface area (Å²) < 4.78 is 53.3. The van der Waals surface area contributed by atoms with Crippen molar-refractivity contribution >= 4 is 49.1 Å². The van der Waals surface area contributed by atoms with Gasteiger partial charge in [0, 0.05) is 17.1 Å². The summed E-state index contributed by atoms with van der Waals surface area (Å²) in [6.07, 6.45) is 0. The molecule has 0 heterocycles. The molecule has 0 atom stereocenters. The lowest BCUT2D eigenvalue weighted by Crippen LogP contribution is -2.41. The van der Waals surface area contributed by atoms with E-state index >= 15 is 0 Å². The van der Waals surface area contributed by atoms with Crippen LogP contribution in [0.25, 0.3) is 0 Å². The van der Waals surface area contributed by atoms with Crippen molar-refractivity contribution in [3.05, 3.63) is 94.0 Å². The van der Waals surface area contributed by atoms with Gasteiger partial charge in [0.05, 0.1) is 16.3 Å².